The fourth-order valence-corrected chi connectivity index (χ4v) is 3.49. The number of carbonyl (C=O) groups excluding carboxylic acids is 2. The summed E-state index contributed by atoms with van der Waals surface area (Å²) in [5, 5.41) is 3.38. The Labute approximate surface area is 174 Å². The number of nitrogens with two attached hydrogens (primary N) is 1. The van der Waals surface area contributed by atoms with Gasteiger partial charge in [0.05, 0.1) is 19.1 Å². The predicted molar refractivity (Wildman–Crippen MR) is 110 cm³/mol. The third-order valence-corrected chi connectivity index (χ3v) is 5.49. The number of amides is 2. The number of aromatic nitrogens is 1. The summed E-state index contributed by atoms with van der Waals surface area (Å²) in [6.07, 6.45) is 4.60. The molecule has 1 heterocycles. The highest BCUT2D eigenvalue weighted by Crippen LogP contribution is 2.44. The van der Waals surface area contributed by atoms with Gasteiger partial charge in [-0.15, -0.1) is 0 Å². The smallest absolute Gasteiger partial charge is 0.270 e. The van der Waals surface area contributed by atoms with Crippen molar-refractivity contribution in [3.05, 3.63) is 58.2 Å². The molecule has 7 heteroatoms. The second-order valence-corrected chi connectivity index (χ2v) is 8.31. The molecule has 0 unspecified atom stereocenters. The second-order valence-electron chi connectivity index (χ2n) is 7.87. The van der Waals surface area contributed by atoms with Gasteiger partial charge in [-0.3, -0.25) is 9.59 Å². The molecule has 0 aliphatic heterocycles. The lowest BCUT2D eigenvalue weighted by atomic mass is 10.0. The van der Waals surface area contributed by atoms with Crippen molar-refractivity contribution < 1.29 is 14.3 Å². The molecule has 1 aromatic heterocycles. The van der Waals surface area contributed by atoms with Gasteiger partial charge in [-0.05, 0) is 61.3 Å². The first kappa shape index (κ1) is 19.7. The van der Waals surface area contributed by atoms with E-state index in [1.54, 1.807) is 30.3 Å². The number of pyridine rings is 1. The molecule has 4 rings (SSSR count). The maximum atomic E-state index is 12.9. The SMILES string of the molecule is NC(=O)C[C@@H](NC(=O)c1ccc(C2CC2)c(OCC2CC2)n1)c1cccc(Cl)c1. The normalized spacial score (nSPS) is 16.9. The first-order valence-corrected chi connectivity index (χ1v) is 10.4. The third-order valence-electron chi connectivity index (χ3n) is 5.25. The van der Waals surface area contributed by atoms with Crippen molar-refractivity contribution >= 4 is 23.4 Å². The van der Waals surface area contributed by atoms with Gasteiger partial charge in [0.2, 0.25) is 11.8 Å². The van der Waals surface area contributed by atoms with E-state index in [2.05, 4.69) is 10.3 Å². The van der Waals surface area contributed by atoms with Crippen molar-refractivity contribution in [3.8, 4) is 5.88 Å². The molecule has 2 amide bonds. The van der Waals surface area contributed by atoms with Gasteiger partial charge in [0.25, 0.3) is 5.91 Å². The highest BCUT2D eigenvalue weighted by atomic mass is 35.5. The first-order chi connectivity index (χ1) is 14.0. The van der Waals surface area contributed by atoms with Crippen molar-refractivity contribution in [2.24, 2.45) is 11.7 Å². The van der Waals surface area contributed by atoms with Crippen LogP contribution in [0.2, 0.25) is 5.02 Å². The fraction of sp³-hybridized carbons (Fsp3) is 0.409. The summed E-state index contributed by atoms with van der Waals surface area (Å²) in [5.41, 5.74) is 7.43. The molecular weight excluding hydrogens is 390 g/mol. The number of hydrogen-bond acceptors (Lipinski definition) is 4. The fourth-order valence-electron chi connectivity index (χ4n) is 3.29. The molecule has 2 aliphatic rings. The van der Waals surface area contributed by atoms with E-state index in [4.69, 9.17) is 22.1 Å². The summed E-state index contributed by atoms with van der Waals surface area (Å²) >= 11 is 6.06. The van der Waals surface area contributed by atoms with E-state index in [0.717, 1.165) is 18.4 Å². The van der Waals surface area contributed by atoms with Crippen LogP contribution >= 0.6 is 11.6 Å². The Bertz CT molecular complexity index is 925. The highest BCUT2D eigenvalue weighted by Gasteiger charge is 2.30. The molecule has 2 fully saturated rings. The van der Waals surface area contributed by atoms with Crippen LogP contribution in [0.5, 0.6) is 5.88 Å². The summed E-state index contributed by atoms with van der Waals surface area (Å²) < 4.78 is 5.94. The molecule has 0 saturated heterocycles. The Morgan fingerprint density at radius 2 is 2.00 bits per heavy atom. The predicted octanol–water partition coefficient (Wildman–Crippen LogP) is 3.75. The van der Waals surface area contributed by atoms with Crippen molar-refractivity contribution in [1.82, 2.24) is 10.3 Å². The number of rotatable bonds is 9. The monoisotopic (exact) mass is 413 g/mol. The van der Waals surface area contributed by atoms with Crippen LogP contribution in [0.1, 0.15) is 65.7 Å². The Balaban J connectivity index is 1.53. The molecule has 0 bridgehead atoms. The maximum Gasteiger partial charge on any atom is 0.270 e. The van der Waals surface area contributed by atoms with E-state index in [9.17, 15) is 9.59 Å². The molecule has 6 nitrogen and oxygen atoms in total. The zero-order valence-corrected chi connectivity index (χ0v) is 16.8. The van der Waals surface area contributed by atoms with Crippen LogP contribution in [0.15, 0.2) is 36.4 Å². The average molecular weight is 414 g/mol. The quantitative estimate of drug-likeness (QED) is 0.654. The molecule has 3 N–H and O–H groups in total. The van der Waals surface area contributed by atoms with Gasteiger partial charge in [0.15, 0.2) is 0 Å². The second kappa shape index (κ2) is 8.41. The minimum absolute atomic E-state index is 0.0305. The molecule has 2 saturated carbocycles. The van der Waals surface area contributed by atoms with Gasteiger partial charge in [-0.25, -0.2) is 4.98 Å². The van der Waals surface area contributed by atoms with Crippen LogP contribution in [-0.2, 0) is 4.79 Å². The van der Waals surface area contributed by atoms with Crippen LogP contribution in [-0.4, -0.2) is 23.4 Å². The number of primary amides is 1. The number of nitrogens with one attached hydrogen (secondary N) is 1. The number of ether oxygens (including phenoxy) is 1. The van der Waals surface area contributed by atoms with Gasteiger partial charge in [-0.1, -0.05) is 29.8 Å². The molecular formula is C22H24ClN3O3. The lowest BCUT2D eigenvalue weighted by Crippen LogP contribution is -2.32. The van der Waals surface area contributed by atoms with Gasteiger partial charge < -0.3 is 15.8 Å². The van der Waals surface area contributed by atoms with Crippen LogP contribution in [0.3, 0.4) is 0 Å². The standard InChI is InChI=1S/C22H24ClN3O3/c23-16-3-1-2-15(10-16)19(11-20(24)27)25-21(28)18-9-8-17(14-6-7-14)22(26-18)29-12-13-4-5-13/h1-3,8-10,13-14,19H,4-7,11-12H2,(H2,24,27)(H,25,28)/t19-/m1/s1. The summed E-state index contributed by atoms with van der Waals surface area (Å²) in [6.45, 7) is 0.643. The zero-order valence-electron chi connectivity index (χ0n) is 16.1. The van der Waals surface area contributed by atoms with Crippen molar-refractivity contribution in [2.75, 3.05) is 6.61 Å². The van der Waals surface area contributed by atoms with Crippen LogP contribution < -0.4 is 15.8 Å². The molecule has 1 aromatic carbocycles. The third kappa shape index (κ3) is 5.26. The van der Waals surface area contributed by atoms with E-state index in [0.29, 0.717) is 34.9 Å². The molecule has 0 radical (unpaired) electrons. The van der Waals surface area contributed by atoms with Gasteiger partial charge >= 0.3 is 0 Å². The summed E-state index contributed by atoms with van der Waals surface area (Å²) in [6, 6.07) is 10.1. The molecule has 2 aliphatic carbocycles. The van der Waals surface area contributed by atoms with E-state index in [-0.39, 0.29) is 18.0 Å². The van der Waals surface area contributed by atoms with Crippen molar-refractivity contribution in [2.45, 2.75) is 44.1 Å². The van der Waals surface area contributed by atoms with Gasteiger partial charge in [0.1, 0.15) is 5.69 Å². The Hall–Kier alpha value is -2.60. The maximum absolute atomic E-state index is 12.9. The Kier molecular flexibility index (Phi) is 5.72. The summed E-state index contributed by atoms with van der Waals surface area (Å²) in [4.78, 5) is 28.9. The number of carbonyl (C=O) groups is 2. The largest absolute Gasteiger partial charge is 0.477 e. The van der Waals surface area contributed by atoms with E-state index in [1.165, 1.54) is 12.8 Å². The molecule has 2 aromatic rings. The van der Waals surface area contributed by atoms with E-state index < -0.39 is 11.9 Å². The summed E-state index contributed by atoms with van der Waals surface area (Å²) in [7, 11) is 0. The number of benzene rings is 1. The Morgan fingerprint density at radius 1 is 1.21 bits per heavy atom. The van der Waals surface area contributed by atoms with Gasteiger partial charge in [0, 0.05) is 10.6 Å². The summed E-state index contributed by atoms with van der Waals surface area (Å²) in [5.74, 6) is 0.740. The Morgan fingerprint density at radius 3 is 2.66 bits per heavy atom. The number of nitrogens with zero attached hydrogens (tertiary/aromatic N) is 1. The molecule has 29 heavy (non-hydrogen) atoms. The lowest BCUT2D eigenvalue weighted by Gasteiger charge is -2.18. The van der Waals surface area contributed by atoms with E-state index >= 15 is 0 Å². The van der Waals surface area contributed by atoms with Crippen LogP contribution in [0.25, 0.3) is 0 Å². The zero-order chi connectivity index (χ0) is 20.4. The molecule has 1 atom stereocenters. The van der Waals surface area contributed by atoms with Crippen LogP contribution in [0, 0.1) is 5.92 Å². The van der Waals surface area contributed by atoms with Gasteiger partial charge in [-0.2, -0.15) is 0 Å². The first-order valence-electron chi connectivity index (χ1n) is 9.98. The average Bonchev–Trinajstić information content (AvgIpc) is 3.59. The van der Waals surface area contributed by atoms with E-state index in [1.807, 2.05) is 6.07 Å². The minimum Gasteiger partial charge on any atom is -0.477 e. The lowest BCUT2D eigenvalue weighted by molar-refractivity contribution is -0.118. The number of halogens is 1. The number of hydrogen-bond donors (Lipinski definition) is 2. The minimum atomic E-state index is -0.584. The topological polar surface area (TPSA) is 94.3 Å². The van der Waals surface area contributed by atoms with Crippen molar-refractivity contribution in [3.63, 3.8) is 0 Å². The van der Waals surface area contributed by atoms with Crippen molar-refractivity contribution in [1.29, 1.82) is 0 Å². The van der Waals surface area contributed by atoms with Crippen LogP contribution in [0.4, 0.5) is 0 Å². The molecule has 0 spiro atoms. The molecule has 152 valence electrons. The highest BCUT2D eigenvalue weighted by molar-refractivity contribution is 6.30.